The largest absolute Gasteiger partial charge is 0.486 e. The maximum Gasteiger partial charge on any atom is 0.264 e. The van der Waals surface area contributed by atoms with Crippen LogP contribution in [0.25, 0.3) is 0 Å². The molecule has 9 nitrogen and oxygen atoms in total. The van der Waals surface area contributed by atoms with Crippen molar-refractivity contribution in [2.45, 2.75) is 64.1 Å². The molecule has 3 aromatic carbocycles. The van der Waals surface area contributed by atoms with Crippen LogP contribution in [0.1, 0.15) is 44.7 Å². The molecule has 0 bridgehead atoms. The Morgan fingerprint density at radius 2 is 1.58 bits per heavy atom. The Hall–Kier alpha value is -4.12. The van der Waals surface area contributed by atoms with Gasteiger partial charge in [0.25, 0.3) is 10.0 Å². The summed E-state index contributed by atoms with van der Waals surface area (Å²) in [7, 11) is -4.36. The number of amides is 2. The first-order valence-electron chi connectivity index (χ1n) is 14.4. The topological polar surface area (TPSA) is 105 Å². The third kappa shape index (κ3) is 7.64. The predicted molar refractivity (Wildman–Crippen MR) is 162 cm³/mol. The molecule has 4 rings (SSSR count). The minimum Gasteiger partial charge on any atom is -0.486 e. The lowest BCUT2D eigenvalue weighted by Crippen LogP contribution is -2.53. The zero-order valence-corrected chi connectivity index (χ0v) is 25.7. The number of ether oxygens (including phenoxy) is 2. The van der Waals surface area contributed by atoms with E-state index in [1.165, 1.54) is 35.2 Å². The van der Waals surface area contributed by atoms with Crippen LogP contribution in [0.2, 0.25) is 0 Å². The van der Waals surface area contributed by atoms with Crippen LogP contribution in [0.3, 0.4) is 0 Å². The Bertz CT molecular complexity index is 1530. The molecule has 11 heteroatoms. The van der Waals surface area contributed by atoms with Crippen molar-refractivity contribution in [1.29, 1.82) is 0 Å². The van der Waals surface area contributed by atoms with Crippen LogP contribution < -0.4 is 19.1 Å². The molecule has 0 spiro atoms. The summed E-state index contributed by atoms with van der Waals surface area (Å²) < 4.78 is 54.1. The van der Waals surface area contributed by atoms with Gasteiger partial charge in [0.1, 0.15) is 31.6 Å². The number of fused-ring (bicyclic) bond motifs is 1. The molecule has 2 amide bonds. The van der Waals surface area contributed by atoms with Gasteiger partial charge in [0, 0.05) is 18.7 Å². The summed E-state index contributed by atoms with van der Waals surface area (Å²) in [6.07, 6.45) is 1.02. The van der Waals surface area contributed by atoms with Gasteiger partial charge in [-0.05, 0) is 68.7 Å². The van der Waals surface area contributed by atoms with Crippen molar-refractivity contribution in [2.75, 3.05) is 24.1 Å². The number of sulfonamides is 1. The van der Waals surface area contributed by atoms with Gasteiger partial charge in [-0.3, -0.25) is 13.9 Å². The zero-order valence-electron chi connectivity index (χ0n) is 24.9. The van der Waals surface area contributed by atoms with E-state index in [0.29, 0.717) is 25.2 Å². The van der Waals surface area contributed by atoms with Gasteiger partial charge in [0.2, 0.25) is 11.8 Å². The Morgan fingerprint density at radius 1 is 0.930 bits per heavy atom. The molecule has 1 heterocycles. The first-order valence-corrected chi connectivity index (χ1v) is 15.8. The average Bonchev–Trinajstić information content (AvgIpc) is 3.00. The molecular formula is C32H38FN3O6S. The maximum absolute atomic E-state index is 14.2. The fourth-order valence-corrected chi connectivity index (χ4v) is 6.13. The van der Waals surface area contributed by atoms with E-state index in [1.54, 1.807) is 6.92 Å². The number of anilines is 1. The average molecular weight is 612 g/mol. The summed E-state index contributed by atoms with van der Waals surface area (Å²) in [5.41, 5.74) is 1.92. The standard InChI is InChI=1S/C32H38FN3O6S/c1-5-23(4)34-32(38)28(6-2)35(20-24-9-7-22(3)8-10-24)31(37)21-36(26-13-11-25(33)12-14-26)43(39,40)27-15-16-29-30(19-27)42-18-17-41-29/h7-16,19,23,28H,5-6,17-18,20-21H2,1-4H3,(H,34,38)/t23-,28+/m1/s1. The first kappa shape index (κ1) is 31.8. The molecular weight excluding hydrogens is 573 g/mol. The van der Waals surface area contributed by atoms with Crippen molar-refractivity contribution in [2.24, 2.45) is 0 Å². The molecule has 1 aliphatic heterocycles. The van der Waals surface area contributed by atoms with Crippen LogP contribution in [0.4, 0.5) is 10.1 Å². The Labute approximate surface area is 252 Å². The van der Waals surface area contributed by atoms with Crippen LogP contribution in [0, 0.1) is 12.7 Å². The third-order valence-electron chi connectivity index (χ3n) is 7.36. The van der Waals surface area contributed by atoms with Crippen LogP contribution >= 0.6 is 0 Å². The molecule has 3 aromatic rings. The molecule has 0 fully saturated rings. The smallest absolute Gasteiger partial charge is 0.264 e. The molecule has 0 saturated carbocycles. The van der Waals surface area contributed by atoms with E-state index < -0.39 is 34.3 Å². The molecule has 43 heavy (non-hydrogen) atoms. The Kier molecular flexibility index (Phi) is 10.3. The molecule has 0 aliphatic carbocycles. The number of carbonyl (C=O) groups is 2. The van der Waals surface area contributed by atoms with E-state index in [0.717, 1.165) is 27.6 Å². The predicted octanol–water partition coefficient (Wildman–Crippen LogP) is 4.82. The lowest BCUT2D eigenvalue weighted by molar-refractivity contribution is -0.140. The fraction of sp³-hybridized carbons (Fsp3) is 0.375. The molecule has 0 radical (unpaired) electrons. The van der Waals surface area contributed by atoms with E-state index in [2.05, 4.69) is 5.32 Å². The second kappa shape index (κ2) is 13.9. The van der Waals surface area contributed by atoms with Gasteiger partial charge in [-0.2, -0.15) is 0 Å². The van der Waals surface area contributed by atoms with E-state index in [1.807, 2.05) is 45.0 Å². The van der Waals surface area contributed by atoms with E-state index in [-0.39, 0.29) is 41.4 Å². The molecule has 2 atom stereocenters. The number of carbonyl (C=O) groups excluding carboxylic acids is 2. The molecule has 230 valence electrons. The van der Waals surface area contributed by atoms with Gasteiger partial charge in [0.05, 0.1) is 10.6 Å². The van der Waals surface area contributed by atoms with Gasteiger partial charge in [-0.1, -0.05) is 43.7 Å². The highest BCUT2D eigenvalue weighted by Crippen LogP contribution is 2.34. The molecule has 1 aliphatic rings. The highest BCUT2D eigenvalue weighted by atomic mass is 32.2. The molecule has 0 saturated heterocycles. The summed E-state index contributed by atoms with van der Waals surface area (Å²) >= 11 is 0. The number of rotatable bonds is 12. The van der Waals surface area contributed by atoms with Gasteiger partial charge in [-0.25, -0.2) is 12.8 Å². The number of halogens is 1. The van der Waals surface area contributed by atoms with Gasteiger partial charge < -0.3 is 19.7 Å². The van der Waals surface area contributed by atoms with E-state index >= 15 is 0 Å². The molecule has 1 N–H and O–H groups in total. The number of benzene rings is 3. The minimum atomic E-state index is -4.36. The second-order valence-corrected chi connectivity index (χ2v) is 12.4. The van der Waals surface area contributed by atoms with Gasteiger partial charge >= 0.3 is 0 Å². The maximum atomic E-state index is 14.2. The third-order valence-corrected chi connectivity index (χ3v) is 9.13. The Balaban J connectivity index is 1.74. The van der Waals surface area contributed by atoms with Crippen LogP contribution in [-0.2, 0) is 26.2 Å². The van der Waals surface area contributed by atoms with Crippen molar-refractivity contribution in [3.63, 3.8) is 0 Å². The normalized spacial score (nSPS) is 14.0. The first-order chi connectivity index (χ1) is 20.5. The molecule has 0 unspecified atom stereocenters. The second-order valence-electron chi connectivity index (χ2n) is 10.5. The highest BCUT2D eigenvalue weighted by Gasteiger charge is 2.34. The minimum absolute atomic E-state index is 0.0902. The zero-order chi connectivity index (χ0) is 31.1. The Morgan fingerprint density at radius 3 is 2.21 bits per heavy atom. The summed E-state index contributed by atoms with van der Waals surface area (Å²) in [4.78, 5) is 28.8. The summed E-state index contributed by atoms with van der Waals surface area (Å²) in [6.45, 7) is 7.66. The number of nitrogens with one attached hydrogen (secondary N) is 1. The number of nitrogens with zero attached hydrogens (tertiary/aromatic N) is 2. The quantitative estimate of drug-likeness (QED) is 0.315. The van der Waals surface area contributed by atoms with Crippen LogP contribution in [-0.4, -0.2) is 57.0 Å². The SMILES string of the molecule is CC[C@@H](C)NC(=O)[C@H](CC)N(Cc1ccc(C)cc1)C(=O)CN(c1ccc(F)cc1)S(=O)(=O)c1ccc2c(c1)OCCO2. The fourth-order valence-electron chi connectivity index (χ4n) is 4.70. The van der Waals surface area contributed by atoms with Crippen molar-refractivity contribution in [1.82, 2.24) is 10.2 Å². The monoisotopic (exact) mass is 611 g/mol. The van der Waals surface area contributed by atoms with Crippen molar-refractivity contribution in [3.8, 4) is 11.5 Å². The lowest BCUT2D eigenvalue weighted by Gasteiger charge is -2.34. The lowest BCUT2D eigenvalue weighted by atomic mass is 10.1. The summed E-state index contributed by atoms with van der Waals surface area (Å²) in [5, 5.41) is 2.96. The highest BCUT2D eigenvalue weighted by molar-refractivity contribution is 7.92. The van der Waals surface area contributed by atoms with Crippen molar-refractivity contribution in [3.05, 3.63) is 83.7 Å². The summed E-state index contributed by atoms with van der Waals surface area (Å²) in [5.74, 6) is -0.776. The summed E-state index contributed by atoms with van der Waals surface area (Å²) in [6, 6.07) is 15.7. The molecule has 0 aromatic heterocycles. The number of hydrogen-bond donors (Lipinski definition) is 1. The number of hydrogen-bond acceptors (Lipinski definition) is 6. The van der Waals surface area contributed by atoms with E-state index in [4.69, 9.17) is 9.47 Å². The van der Waals surface area contributed by atoms with Crippen molar-refractivity contribution >= 4 is 27.5 Å². The van der Waals surface area contributed by atoms with E-state index in [9.17, 15) is 22.4 Å². The van der Waals surface area contributed by atoms with Crippen LogP contribution in [0.15, 0.2) is 71.6 Å². The van der Waals surface area contributed by atoms with Crippen LogP contribution in [0.5, 0.6) is 11.5 Å². The van der Waals surface area contributed by atoms with Gasteiger partial charge in [-0.15, -0.1) is 0 Å². The van der Waals surface area contributed by atoms with Crippen molar-refractivity contribution < 1.29 is 31.9 Å². The van der Waals surface area contributed by atoms with Gasteiger partial charge in [0.15, 0.2) is 11.5 Å². The number of aryl methyl sites for hydroxylation is 1.